The van der Waals surface area contributed by atoms with Gasteiger partial charge < -0.3 is 9.84 Å². The van der Waals surface area contributed by atoms with E-state index in [1.807, 2.05) is 31.4 Å². The summed E-state index contributed by atoms with van der Waals surface area (Å²) in [5.74, 6) is 1.78. The van der Waals surface area contributed by atoms with Gasteiger partial charge in [0.15, 0.2) is 5.13 Å². The molecule has 0 unspecified atom stereocenters. The highest BCUT2D eigenvalue weighted by Gasteiger charge is 2.12. The van der Waals surface area contributed by atoms with Crippen molar-refractivity contribution < 1.29 is 9.32 Å². The zero-order chi connectivity index (χ0) is 17.1. The minimum Gasteiger partial charge on any atom is -0.361 e. The lowest BCUT2D eigenvalue weighted by Gasteiger charge is -2.02. The summed E-state index contributed by atoms with van der Waals surface area (Å²) in [7, 11) is 0. The molecule has 24 heavy (non-hydrogen) atoms. The normalized spacial score (nSPS) is 11.0. The van der Waals surface area contributed by atoms with Crippen LogP contribution in [0.15, 0.2) is 22.0 Å². The van der Waals surface area contributed by atoms with E-state index < -0.39 is 0 Å². The summed E-state index contributed by atoms with van der Waals surface area (Å²) in [5.41, 5.74) is 2.76. The third-order valence-electron chi connectivity index (χ3n) is 3.24. The van der Waals surface area contributed by atoms with Gasteiger partial charge in [-0.2, -0.15) is 0 Å². The third-order valence-corrected chi connectivity index (χ3v) is 6.21. The molecule has 3 rings (SSSR count). The predicted octanol–water partition coefficient (Wildman–Crippen LogP) is 5.00. The second-order valence-corrected chi connectivity index (χ2v) is 8.54. The zero-order valence-electron chi connectivity index (χ0n) is 13.0. The van der Waals surface area contributed by atoms with Gasteiger partial charge in [0.2, 0.25) is 5.91 Å². The van der Waals surface area contributed by atoms with Crippen molar-refractivity contribution in [3.8, 4) is 10.6 Å². The topological polar surface area (TPSA) is 68.0 Å². The molecule has 1 N–H and O–H groups in total. The highest BCUT2D eigenvalue weighted by Crippen LogP contribution is 2.32. The second kappa shape index (κ2) is 7.69. The molecule has 1 amide bonds. The quantitative estimate of drug-likeness (QED) is 0.631. The zero-order valence-corrected chi connectivity index (χ0v) is 16.2. The minimum absolute atomic E-state index is 0.0723. The molecule has 0 radical (unpaired) electrons. The largest absolute Gasteiger partial charge is 0.361 e. The van der Waals surface area contributed by atoms with E-state index in [2.05, 4.69) is 15.5 Å². The number of anilines is 1. The number of hydrogen-bond donors (Lipinski definition) is 1. The molecule has 9 heteroatoms. The van der Waals surface area contributed by atoms with E-state index in [0.717, 1.165) is 31.9 Å². The smallest absolute Gasteiger partial charge is 0.236 e. The summed E-state index contributed by atoms with van der Waals surface area (Å²) >= 11 is 10.3. The summed E-state index contributed by atoms with van der Waals surface area (Å²) in [5, 5.41) is 9.24. The van der Waals surface area contributed by atoms with E-state index in [0.29, 0.717) is 16.6 Å². The Morgan fingerprint density at radius 3 is 2.92 bits per heavy atom. The first-order chi connectivity index (χ1) is 11.5. The number of carbonyl (C=O) groups is 1. The van der Waals surface area contributed by atoms with Gasteiger partial charge in [0.25, 0.3) is 0 Å². The number of halogens is 1. The highest BCUT2D eigenvalue weighted by molar-refractivity contribution is 7.99. The first-order valence-electron chi connectivity index (χ1n) is 7.03. The molecule has 0 aromatic carbocycles. The van der Waals surface area contributed by atoms with Crippen molar-refractivity contribution in [3.05, 3.63) is 38.9 Å². The number of thiazole rings is 1. The van der Waals surface area contributed by atoms with Gasteiger partial charge in [0, 0.05) is 16.7 Å². The molecule has 0 aliphatic carbocycles. The van der Waals surface area contributed by atoms with Crippen LogP contribution in [0.4, 0.5) is 5.13 Å². The number of rotatable bonds is 6. The highest BCUT2D eigenvalue weighted by atomic mass is 35.5. The van der Waals surface area contributed by atoms with E-state index in [4.69, 9.17) is 16.1 Å². The molecule has 3 heterocycles. The van der Waals surface area contributed by atoms with Gasteiger partial charge in [-0.15, -0.1) is 34.4 Å². The SMILES string of the molecule is Cc1noc(C)c1CSCC(=O)Nc1nc(-c2ccc(Cl)s2)cs1. The molecule has 0 saturated carbocycles. The number of nitrogens with one attached hydrogen (secondary N) is 1. The summed E-state index contributed by atoms with van der Waals surface area (Å²) in [6.45, 7) is 3.78. The maximum Gasteiger partial charge on any atom is 0.236 e. The van der Waals surface area contributed by atoms with Gasteiger partial charge in [-0.05, 0) is 26.0 Å². The summed E-state index contributed by atoms with van der Waals surface area (Å²) < 4.78 is 5.84. The molecule has 3 aromatic heterocycles. The van der Waals surface area contributed by atoms with Crippen molar-refractivity contribution in [1.29, 1.82) is 0 Å². The molecule has 0 saturated heterocycles. The number of aromatic nitrogens is 2. The van der Waals surface area contributed by atoms with Crippen LogP contribution < -0.4 is 5.32 Å². The number of amides is 1. The molecular formula is C15H14ClN3O2S3. The van der Waals surface area contributed by atoms with E-state index in [9.17, 15) is 4.79 Å². The molecule has 0 aliphatic heterocycles. The number of thioether (sulfide) groups is 1. The summed E-state index contributed by atoms with van der Waals surface area (Å²) in [6, 6.07) is 3.76. The van der Waals surface area contributed by atoms with Crippen molar-refractivity contribution in [3.63, 3.8) is 0 Å². The first kappa shape index (κ1) is 17.5. The monoisotopic (exact) mass is 399 g/mol. The average molecular weight is 400 g/mol. The summed E-state index contributed by atoms with van der Waals surface area (Å²) in [6.07, 6.45) is 0. The Labute approximate surface area is 156 Å². The second-order valence-electron chi connectivity index (χ2n) is 4.99. The van der Waals surface area contributed by atoms with Gasteiger partial charge in [0.1, 0.15) is 5.76 Å². The Bertz CT molecular complexity index is 836. The third kappa shape index (κ3) is 4.18. The van der Waals surface area contributed by atoms with Gasteiger partial charge in [-0.1, -0.05) is 16.8 Å². The van der Waals surface area contributed by atoms with Crippen LogP contribution in [0, 0.1) is 13.8 Å². The average Bonchev–Trinajstić information content (AvgIpc) is 3.24. The fourth-order valence-corrected chi connectivity index (χ4v) is 4.79. The maximum absolute atomic E-state index is 12.0. The van der Waals surface area contributed by atoms with Crippen LogP contribution in [0.25, 0.3) is 10.6 Å². The molecule has 0 aliphatic rings. The summed E-state index contributed by atoms with van der Waals surface area (Å²) in [4.78, 5) is 17.5. The fraction of sp³-hybridized carbons (Fsp3) is 0.267. The molecule has 0 fully saturated rings. The predicted molar refractivity (Wildman–Crippen MR) is 101 cm³/mol. The van der Waals surface area contributed by atoms with Crippen molar-refractivity contribution >= 4 is 57.1 Å². The Kier molecular flexibility index (Phi) is 5.60. The molecule has 3 aromatic rings. The van der Waals surface area contributed by atoms with Gasteiger partial charge in [-0.25, -0.2) is 4.98 Å². The molecule has 0 atom stereocenters. The lowest BCUT2D eigenvalue weighted by Crippen LogP contribution is -2.14. The van der Waals surface area contributed by atoms with Crippen molar-refractivity contribution in [2.75, 3.05) is 11.1 Å². The van der Waals surface area contributed by atoms with Gasteiger partial charge in [-0.3, -0.25) is 4.79 Å². The van der Waals surface area contributed by atoms with Crippen LogP contribution in [0.3, 0.4) is 0 Å². The number of hydrogen-bond acceptors (Lipinski definition) is 7. The van der Waals surface area contributed by atoms with Crippen LogP contribution in [0.2, 0.25) is 4.34 Å². The molecule has 0 spiro atoms. The molecule has 5 nitrogen and oxygen atoms in total. The van der Waals surface area contributed by atoms with Crippen molar-refractivity contribution in [1.82, 2.24) is 10.1 Å². The standard InChI is InChI=1S/C15H14ClN3O2S3/c1-8-10(9(2)21-19-8)5-22-7-14(20)18-15-17-11(6-23-15)12-3-4-13(16)24-12/h3-4,6H,5,7H2,1-2H3,(H,17,18,20). The molecule has 0 bridgehead atoms. The maximum atomic E-state index is 12.0. The van der Waals surface area contributed by atoms with Gasteiger partial charge in [0.05, 0.1) is 26.4 Å². The lowest BCUT2D eigenvalue weighted by molar-refractivity contribution is -0.113. The van der Waals surface area contributed by atoms with E-state index >= 15 is 0 Å². The Hall–Kier alpha value is -1.35. The van der Waals surface area contributed by atoms with Crippen LogP contribution >= 0.6 is 46.0 Å². The number of carbonyl (C=O) groups excluding carboxylic acids is 1. The number of thiophene rings is 1. The van der Waals surface area contributed by atoms with Crippen molar-refractivity contribution in [2.45, 2.75) is 19.6 Å². The minimum atomic E-state index is -0.0723. The van der Waals surface area contributed by atoms with E-state index in [1.54, 1.807) is 0 Å². The van der Waals surface area contributed by atoms with E-state index in [1.165, 1.54) is 34.4 Å². The Morgan fingerprint density at radius 2 is 2.25 bits per heavy atom. The van der Waals surface area contributed by atoms with Crippen molar-refractivity contribution in [2.24, 2.45) is 0 Å². The Morgan fingerprint density at radius 1 is 1.42 bits per heavy atom. The Balaban J connectivity index is 1.51. The number of nitrogens with zero attached hydrogens (tertiary/aromatic N) is 2. The lowest BCUT2D eigenvalue weighted by atomic mass is 10.2. The molecule has 126 valence electrons. The number of aryl methyl sites for hydroxylation is 2. The van der Waals surface area contributed by atoms with Gasteiger partial charge >= 0.3 is 0 Å². The van der Waals surface area contributed by atoms with E-state index in [-0.39, 0.29) is 5.91 Å². The van der Waals surface area contributed by atoms with Crippen LogP contribution in [0.5, 0.6) is 0 Å². The van der Waals surface area contributed by atoms with Crippen LogP contribution in [0.1, 0.15) is 17.0 Å². The van der Waals surface area contributed by atoms with Crippen LogP contribution in [-0.2, 0) is 10.5 Å². The van der Waals surface area contributed by atoms with Crippen LogP contribution in [-0.4, -0.2) is 21.8 Å². The molecular weight excluding hydrogens is 386 g/mol. The fourth-order valence-electron chi connectivity index (χ4n) is 2.01. The first-order valence-corrected chi connectivity index (χ1v) is 10.3.